The average molecular weight is 279 g/mol. The average Bonchev–Trinajstić information content (AvgIpc) is 2.15. The van der Waals surface area contributed by atoms with Crippen molar-refractivity contribution in [3.05, 3.63) is 27.8 Å². The molecule has 0 saturated carbocycles. The molecule has 6 nitrogen and oxygen atoms in total. The van der Waals surface area contributed by atoms with E-state index in [9.17, 15) is 18.5 Å². The van der Waals surface area contributed by atoms with Gasteiger partial charge in [-0.2, -0.15) is 5.26 Å². The highest BCUT2D eigenvalue weighted by atomic mass is 35.7. The Morgan fingerprint density at radius 3 is 2.44 bits per heavy atom. The minimum atomic E-state index is -4.13. The monoisotopic (exact) mass is 278 g/mol. The van der Waals surface area contributed by atoms with Gasteiger partial charge in [0, 0.05) is 16.7 Å². The lowest BCUT2D eigenvalue weighted by Gasteiger charge is -2.01. The van der Waals surface area contributed by atoms with Crippen LogP contribution in [-0.4, -0.2) is 13.3 Å². The van der Waals surface area contributed by atoms with Gasteiger partial charge in [-0.3, -0.25) is 10.1 Å². The van der Waals surface area contributed by atoms with E-state index in [0.29, 0.717) is 0 Å². The fraction of sp³-hybridized carbons (Fsp3) is 0. The Balaban J connectivity index is 3.68. The zero-order chi connectivity index (χ0) is 12.5. The summed E-state index contributed by atoms with van der Waals surface area (Å²) in [5.74, 6) is 0. The summed E-state index contributed by atoms with van der Waals surface area (Å²) in [6, 6.07) is 3.28. The Bertz CT molecular complexity index is 606. The molecule has 9 heteroatoms. The summed E-state index contributed by atoms with van der Waals surface area (Å²) in [5.41, 5.74) is -0.807. The molecule has 0 aliphatic heterocycles. The summed E-state index contributed by atoms with van der Waals surface area (Å²) in [5, 5.41) is 19.2. The van der Waals surface area contributed by atoms with Gasteiger partial charge in [0.15, 0.2) is 0 Å². The van der Waals surface area contributed by atoms with E-state index in [1.807, 2.05) is 0 Å². The van der Waals surface area contributed by atoms with Crippen molar-refractivity contribution in [1.29, 1.82) is 5.26 Å². The molecule has 0 unspecified atom stereocenters. The third kappa shape index (κ3) is 2.44. The smallest absolute Gasteiger partial charge is 0.258 e. The Labute approximate surface area is 100 Å². The molecule has 0 saturated heterocycles. The second-order valence-corrected chi connectivity index (χ2v) is 5.66. The zero-order valence-corrected chi connectivity index (χ0v) is 9.88. The van der Waals surface area contributed by atoms with Crippen LogP contribution >= 0.6 is 23.3 Å². The van der Waals surface area contributed by atoms with Gasteiger partial charge < -0.3 is 0 Å². The van der Waals surface area contributed by atoms with E-state index in [0.717, 1.165) is 12.1 Å². The van der Waals surface area contributed by atoms with Crippen molar-refractivity contribution in [1.82, 2.24) is 0 Å². The van der Waals surface area contributed by atoms with Crippen molar-refractivity contribution in [2.45, 2.75) is 9.79 Å². The van der Waals surface area contributed by atoms with Crippen LogP contribution in [0.5, 0.6) is 0 Å². The first-order chi connectivity index (χ1) is 7.27. The fourth-order valence-electron chi connectivity index (χ4n) is 0.959. The molecule has 0 fully saturated rings. The van der Waals surface area contributed by atoms with Gasteiger partial charge in [0.1, 0.15) is 6.07 Å². The molecule has 0 bridgehead atoms. The summed E-state index contributed by atoms with van der Waals surface area (Å²) >= 11 is 3.77. The predicted octanol–water partition coefficient (Wildman–Crippen LogP) is 1.68. The van der Waals surface area contributed by atoms with Crippen molar-refractivity contribution in [2.24, 2.45) is 0 Å². The number of hydrogen-bond donors (Lipinski definition) is 1. The van der Waals surface area contributed by atoms with Crippen molar-refractivity contribution < 1.29 is 13.3 Å². The first-order valence-electron chi connectivity index (χ1n) is 3.63. The van der Waals surface area contributed by atoms with Crippen LogP contribution in [0, 0.1) is 21.4 Å². The third-order valence-corrected chi connectivity index (χ3v) is 3.47. The number of halogens is 1. The molecule has 0 atom stereocenters. The lowest BCUT2D eigenvalue weighted by Crippen LogP contribution is -1.98. The summed E-state index contributed by atoms with van der Waals surface area (Å²) in [6.07, 6.45) is 0. The van der Waals surface area contributed by atoms with Gasteiger partial charge in [-0.15, -0.1) is 12.6 Å². The van der Waals surface area contributed by atoms with Crippen molar-refractivity contribution in [2.75, 3.05) is 0 Å². The molecule has 16 heavy (non-hydrogen) atoms. The maximum Gasteiger partial charge on any atom is 0.285 e. The fourth-order valence-corrected chi connectivity index (χ4v) is 2.00. The number of nitro groups is 1. The second-order valence-electron chi connectivity index (χ2n) is 2.65. The SMILES string of the molecule is N#Cc1cc(S(=O)(=O)Cl)cc([N+](=O)[O-])c1S. The molecule has 1 rings (SSSR count). The second kappa shape index (κ2) is 4.29. The van der Waals surface area contributed by atoms with Gasteiger partial charge in [-0.1, -0.05) is 0 Å². The maximum absolute atomic E-state index is 11.0. The molecule has 0 spiro atoms. The molecule has 1 aromatic rings. The third-order valence-electron chi connectivity index (χ3n) is 1.66. The van der Waals surface area contributed by atoms with E-state index in [4.69, 9.17) is 15.9 Å². The standard InChI is InChI=1S/C7H3ClN2O4S2/c8-16(13,14)5-1-4(3-9)7(15)6(2-5)10(11)12/h1-2,15H. The van der Waals surface area contributed by atoms with Crippen LogP contribution in [0.3, 0.4) is 0 Å². The van der Waals surface area contributed by atoms with E-state index < -0.39 is 24.6 Å². The van der Waals surface area contributed by atoms with Crippen LogP contribution < -0.4 is 0 Å². The molecule has 84 valence electrons. The van der Waals surface area contributed by atoms with Gasteiger partial charge in [-0.25, -0.2) is 8.42 Å². The van der Waals surface area contributed by atoms with E-state index >= 15 is 0 Å². The first kappa shape index (κ1) is 12.8. The van der Waals surface area contributed by atoms with Crippen LogP contribution in [0.1, 0.15) is 5.56 Å². The summed E-state index contributed by atoms with van der Waals surface area (Å²) in [7, 11) is 0.906. The molecular weight excluding hydrogens is 276 g/mol. The highest BCUT2D eigenvalue weighted by Gasteiger charge is 2.22. The quantitative estimate of drug-likeness (QED) is 0.384. The zero-order valence-electron chi connectivity index (χ0n) is 7.42. The van der Waals surface area contributed by atoms with Crippen LogP contribution in [0.4, 0.5) is 5.69 Å². The Morgan fingerprint density at radius 1 is 1.50 bits per heavy atom. The largest absolute Gasteiger partial charge is 0.285 e. The summed E-state index contributed by atoms with van der Waals surface area (Å²) < 4.78 is 22.0. The Kier molecular flexibility index (Phi) is 3.42. The number of benzene rings is 1. The lowest BCUT2D eigenvalue weighted by molar-refractivity contribution is -0.387. The first-order valence-corrected chi connectivity index (χ1v) is 6.39. The van der Waals surface area contributed by atoms with Crippen molar-refractivity contribution in [3.8, 4) is 6.07 Å². The molecular formula is C7H3ClN2O4S2. The Hall–Kier alpha value is -1.30. The molecule has 0 amide bonds. The van der Waals surface area contributed by atoms with Crippen molar-refractivity contribution in [3.63, 3.8) is 0 Å². The highest BCUT2D eigenvalue weighted by Crippen LogP contribution is 2.30. The minimum Gasteiger partial charge on any atom is -0.258 e. The van der Waals surface area contributed by atoms with Gasteiger partial charge in [0.05, 0.1) is 20.3 Å². The molecule has 1 aromatic carbocycles. The van der Waals surface area contributed by atoms with E-state index in [1.165, 1.54) is 0 Å². The van der Waals surface area contributed by atoms with E-state index in [1.54, 1.807) is 6.07 Å². The molecule has 0 heterocycles. The van der Waals surface area contributed by atoms with Gasteiger partial charge in [0.25, 0.3) is 14.7 Å². The van der Waals surface area contributed by atoms with Gasteiger partial charge in [-0.05, 0) is 6.07 Å². The lowest BCUT2D eigenvalue weighted by atomic mass is 10.2. The number of nitrogens with zero attached hydrogens (tertiary/aromatic N) is 2. The van der Waals surface area contributed by atoms with Crippen molar-refractivity contribution >= 4 is 38.0 Å². The van der Waals surface area contributed by atoms with Crippen LogP contribution in [0.25, 0.3) is 0 Å². The normalized spacial score (nSPS) is 10.8. The van der Waals surface area contributed by atoms with Crippen LogP contribution in [-0.2, 0) is 9.05 Å². The maximum atomic E-state index is 11.0. The van der Waals surface area contributed by atoms with Crippen LogP contribution in [0.2, 0.25) is 0 Å². The predicted molar refractivity (Wildman–Crippen MR) is 58.1 cm³/mol. The summed E-state index contributed by atoms with van der Waals surface area (Å²) in [4.78, 5) is 9.04. The summed E-state index contributed by atoms with van der Waals surface area (Å²) in [6.45, 7) is 0. The van der Waals surface area contributed by atoms with Gasteiger partial charge in [0.2, 0.25) is 0 Å². The molecule has 0 radical (unpaired) electrons. The van der Waals surface area contributed by atoms with E-state index in [-0.39, 0.29) is 10.5 Å². The Morgan fingerprint density at radius 2 is 2.06 bits per heavy atom. The number of rotatable bonds is 2. The topological polar surface area (TPSA) is 101 Å². The number of nitriles is 1. The number of thiol groups is 1. The highest BCUT2D eigenvalue weighted by molar-refractivity contribution is 8.13. The minimum absolute atomic E-state index is 0.198. The molecule has 0 N–H and O–H groups in total. The van der Waals surface area contributed by atoms with E-state index in [2.05, 4.69) is 12.6 Å². The molecule has 0 aliphatic rings. The van der Waals surface area contributed by atoms with Gasteiger partial charge >= 0.3 is 0 Å². The molecule has 0 aliphatic carbocycles. The van der Waals surface area contributed by atoms with Crippen LogP contribution in [0.15, 0.2) is 21.9 Å². The number of hydrogen-bond acceptors (Lipinski definition) is 6. The molecule has 0 aromatic heterocycles. The number of nitro benzene ring substituents is 1.